The van der Waals surface area contributed by atoms with Crippen LogP contribution in [0.1, 0.15) is 18.2 Å². The van der Waals surface area contributed by atoms with Gasteiger partial charge in [0.25, 0.3) is 0 Å². The maximum absolute atomic E-state index is 11.5. The lowest BCUT2D eigenvalue weighted by atomic mass is 10.1. The molecule has 0 spiro atoms. The number of hydrogen-bond acceptors (Lipinski definition) is 3. The van der Waals surface area contributed by atoms with E-state index in [2.05, 4.69) is 20.9 Å². The molecule has 4 nitrogen and oxygen atoms in total. The summed E-state index contributed by atoms with van der Waals surface area (Å²) in [5.74, 6) is 1.35. The van der Waals surface area contributed by atoms with E-state index in [0.717, 1.165) is 15.9 Å². The number of halogens is 1. The zero-order valence-corrected chi connectivity index (χ0v) is 11.4. The number of fused-ring (bicyclic) bond motifs is 1. The van der Waals surface area contributed by atoms with Crippen LogP contribution in [0.5, 0.6) is 0 Å². The van der Waals surface area contributed by atoms with Crippen LogP contribution in [-0.4, -0.2) is 29.3 Å². The monoisotopic (exact) mass is 314 g/mol. The van der Waals surface area contributed by atoms with Crippen molar-refractivity contribution in [3.05, 3.63) is 34.8 Å². The molecule has 1 atom stereocenters. The summed E-state index contributed by atoms with van der Waals surface area (Å²) < 4.78 is 25.8. The highest BCUT2D eigenvalue weighted by atomic mass is 79.9. The van der Waals surface area contributed by atoms with Crippen molar-refractivity contribution in [1.29, 1.82) is 0 Å². The van der Waals surface area contributed by atoms with E-state index < -0.39 is 9.84 Å². The van der Waals surface area contributed by atoms with Crippen molar-refractivity contribution in [2.75, 3.05) is 11.5 Å². The van der Waals surface area contributed by atoms with Gasteiger partial charge in [0.05, 0.1) is 17.0 Å². The van der Waals surface area contributed by atoms with Gasteiger partial charge in [0.15, 0.2) is 9.84 Å². The molecular weight excluding hydrogens is 304 g/mol. The lowest BCUT2D eigenvalue weighted by molar-refractivity contribution is 0.601. The molecule has 1 aliphatic heterocycles. The largest absolute Gasteiger partial charge is 0.302 e. The smallest absolute Gasteiger partial charge is 0.151 e. The number of aromatic nitrogens is 2. The molecule has 0 amide bonds. The zero-order chi connectivity index (χ0) is 12.0. The minimum atomic E-state index is -2.87. The Bertz CT molecular complexity index is 678. The van der Waals surface area contributed by atoms with E-state index in [1.165, 1.54) is 0 Å². The van der Waals surface area contributed by atoms with Gasteiger partial charge in [-0.3, -0.25) is 0 Å². The number of hydrogen-bond donors (Lipinski definition) is 0. The van der Waals surface area contributed by atoms with Crippen LogP contribution in [0.3, 0.4) is 0 Å². The Morgan fingerprint density at radius 2 is 2.24 bits per heavy atom. The SMILES string of the molecule is O=S1(=O)CCC(c2nc(Br)c3ccccn23)C1. The maximum Gasteiger partial charge on any atom is 0.151 e. The van der Waals surface area contributed by atoms with Gasteiger partial charge in [-0.2, -0.15) is 0 Å². The highest BCUT2D eigenvalue weighted by molar-refractivity contribution is 9.10. The van der Waals surface area contributed by atoms with E-state index in [1.54, 1.807) is 0 Å². The second kappa shape index (κ2) is 3.81. The molecule has 2 aromatic rings. The Hall–Kier alpha value is -0.880. The van der Waals surface area contributed by atoms with Gasteiger partial charge < -0.3 is 4.40 Å². The average Bonchev–Trinajstić information content (AvgIpc) is 2.81. The first-order valence-electron chi connectivity index (χ1n) is 5.40. The van der Waals surface area contributed by atoms with Crippen molar-refractivity contribution >= 4 is 31.3 Å². The number of imidazole rings is 1. The fraction of sp³-hybridized carbons (Fsp3) is 0.364. The zero-order valence-electron chi connectivity index (χ0n) is 9.01. The highest BCUT2D eigenvalue weighted by Gasteiger charge is 2.32. The second-order valence-electron chi connectivity index (χ2n) is 4.32. The quantitative estimate of drug-likeness (QED) is 0.809. The summed E-state index contributed by atoms with van der Waals surface area (Å²) in [6.07, 6.45) is 2.59. The molecule has 3 rings (SSSR count). The molecule has 0 bridgehead atoms. The first-order chi connectivity index (χ1) is 8.07. The fourth-order valence-electron chi connectivity index (χ4n) is 2.31. The molecule has 1 saturated heterocycles. The van der Waals surface area contributed by atoms with Crippen molar-refractivity contribution in [3.63, 3.8) is 0 Å². The third kappa shape index (κ3) is 1.89. The minimum absolute atomic E-state index is 0.0150. The van der Waals surface area contributed by atoms with Gasteiger partial charge in [-0.15, -0.1) is 0 Å². The van der Waals surface area contributed by atoms with E-state index in [1.807, 2.05) is 28.8 Å². The normalized spacial score (nSPS) is 23.2. The number of nitrogens with zero attached hydrogens (tertiary/aromatic N) is 2. The van der Waals surface area contributed by atoms with Crippen molar-refractivity contribution < 1.29 is 8.42 Å². The summed E-state index contributed by atoms with van der Waals surface area (Å²) in [5.41, 5.74) is 0.979. The Labute approximate surface area is 108 Å². The van der Waals surface area contributed by atoms with Crippen LogP contribution in [-0.2, 0) is 9.84 Å². The van der Waals surface area contributed by atoms with Gasteiger partial charge in [-0.1, -0.05) is 6.07 Å². The Morgan fingerprint density at radius 1 is 1.41 bits per heavy atom. The maximum atomic E-state index is 11.5. The first-order valence-corrected chi connectivity index (χ1v) is 8.01. The molecule has 0 saturated carbocycles. The van der Waals surface area contributed by atoms with Crippen molar-refractivity contribution in [2.45, 2.75) is 12.3 Å². The summed E-state index contributed by atoms with van der Waals surface area (Å²) >= 11 is 3.41. The third-order valence-electron chi connectivity index (χ3n) is 3.13. The van der Waals surface area contributed by atoms with Gasteiger partial charge >= 0.3 is 0 Å². The molecule has 0 radical (unpaired) electrons. The van der Waals surface area contributed by atoms with Gasteiger partial charge in [0.2, 0.25) is 0 Å². The summed E-state index contributed by atoms with van der Waals surface area (Å²) in [6, 6.07) is 5.83. The average molecular weight is 315 g/mol. The van der Waals surface area contributed by atoms with Gasteiger partial charge in [0, 0.05) is 12.1 Å². The molecule has 0 aromatic carbocycles. The van der Waals surface area contributed by atoms with Gasteiger partial charge in [-0.25, -0.2) is 13.4 Å². The van der Waals surface area contributed by atoms with Crippen LogP contribution >= 0.6 is 15.9 Å². The molecule has 1 aliphatic rings. The van der Waals surface area contributed by atoms with Crippen LogP contribution in [0.25, 0.3) is 5.52 Å². The van der Waals surface area contributed by atoms with E-state index in [4.69, 9.17) is 0 Å². The molecule has 2 aromatic heterocycles. The lowest BCUT2D eigenvalue weighted by Crippen LogP contribution is -2.07. The predicted molar refractivity (Wildman–Crippen MR) is 68.9 cm³/mol. The van der Waals surface area contributed by atoms with Gasteiger partial charge in [-0.05, 0) is 34.5 Å². The van der Waals surface area contributed by atoms with E-state index in [9.17, 15) is 8.42 Å². The highest BCUT2D eigenvalue weighted by Crippen LogP contribution is 2.31. The van der Waals surface area contributed by atoms with Crippen LogP contribution < -0.4 is 0 Å². The predicted octanol–water partition coefficient (Wildman–Crippen LogP) is 2.00. The minimum Gasteiger partial charge on any atom is -0.302 e. The van der Waals surface area contributed by atoms with E-state index >= 15 is 0 Å². The molecule has 0 N–H and O–H groups in total. The first kappa shape index (κ1) is 11.2. The molecule has 6 heteroatoms. The Balaban J connectivity index is 2.13. The number of sulfone groups is 1. The molecular formula is C11H11BrN2O2S. The summed E-state index contributed by atoms with van der Waals surface area (Å²) in [7, 11) is -2.87. The van der Waals surface area contributed by atoms with Gasteiger partial charge in [0.1, 0.15) is 10.4 Å². The topological polar surface area (TPSA) is 51.4 Å². The van der Waals surface area contributed by atoms with Crippen molar-refractivity contribution in [2.24, 2.45) is 0 Å². The van der Waals surface area contributed by atoms with E-state index in [-0.39, 0.29) is 17.4 Å². The lowest BCUT2D eigenvalue weighted by Gasteiger charge is -2.05. The van der Waals surface area contributed by atoms with Crippen LogP contribution in [0.2, 0.25) is 0 Å². The molecule has 90 valence electrons. The fourth-order valence-corrected chi connectivity index (χ4v) is 4.55. The standard InChI is InChI=1S/C11H11BrN2O2S/c12-10-9-3-1-2-5-14(9)11(13-10)8-4-6-17(15,16)7-8/h1-3,5,8H,4,6-7H2. The number of rotatable bonds is 1. The Kier molecular flexibility index (Phi) is 2.52. The molecule has 17 heavy (non-hydrogen) atoms. The van der Waals surface area contributed by atoms with Crippen LogP contribution in [0.4, 0.5) is 0 Å². The number of pyridine rings is 1. The molecule has 0 aliphatic carbocycles. The van der Waals surface area contributed by atoms with Crippen LogP contribution in [0, 0.1) is 0 Å². The van der Waals surface area contributed by atoms with Crippen LogP contribution in [0.15, 0.2) is 29.0 Å². The summed E-state index contributed by atoms with van der Waals surface area (Å²) in [4.78, 5) is 4.45. The third-order valence-corrected chi connectivity index (χ3v) is 5.48. The van der Waals surface area contributed by atoms with Crippen molar-refractivity contribution in [3.8, 4) is 0 Å². The Morgan fingerprint density at radius 3 is 2.94 bits per heavy atom. The molecule has 1 unspecified atom stereocenters. The summed E-state index contributed by atoms with van der Waals surface area (Å²) in [5, 5.41) is 0. The molecule has 3 heterocycles. The summed E-state index contributed by atoms with van der Waals surface area (Å²) in [6.45, 7) is 0. The van der Waals surface area contributed by atoms with Crippen molar-refractivity contribution in [1.82, 2.24) is 9.38 Å². The molecule has 1 fully saturated rings. The van der Waals surface area contributed by atoms with E-state index in [0.29, 0.717) is 6.42 Å². The second-order valence-corrected chi connectivity index (χ2v) is 7.30.